The van der Waals surface area contributed by atoms with Crippen molar-refractivity contribution in [2.75, 3.05) is 7.11 Å². The number of carbonyl (C=O) groups excluding carboxylic acids is 2. The van der Waals surface area contributed by atoms with Crippen LogP contribution in [0.25, 0.3) is 0 Å². The Balaban J connectivity index is 2.56. The molecular formula is C15H20ClNO4. The Morgan fingerprint density at radius 1 is 1.33 bits per heavy atom. The Morgan fingerprint density at radius 3 is 2.57 bits per heavy atom. The topological polar surface area (TPSA) is 64.6 Å². The fourth-order valence-electron chi connectivity index (χ4n) is 1.73. The predicted molar refractivity (Wildman–Crippen MR) is 80.5 cm³/mol. The maximum atomic E-state index is 12.0. The molecule has 0 fully saturated rings. The summed E-state index contributed by atoms with van der Waals surface area (Å²) in [6, 6.07) is 4.87. The van der Waals surface area contributed by atoms with E-state index in [4.69, 9.17) is 16.3 Å². The SMILES string of the molecule is COC(=O)CC(C)NC(=O)C(C)Oc1ccc(Cl)cc1C. The van der Waals surface area contributed by atoms with Crippen LogP contribution in [-0.2, 0) is 14.3 Å². The second-order valence-electron chi connectivity index (χ2n) is 4.86. The van der Waals surface area contributed by atoms with Gasteiger partial charge in [0.2, 0.25) is 0 Å². The number of esters is 1. The maximum Gasteiger partial charge on any atom is 0.307 e. The van der Waals surface area contributed by atoms with Gasteiger partial charge in [0.15, 0.2) is 6.10 Å². The lowest BCUT2D eigenvalue weighted by atomic mass is 10.2. The molecule has 0 spiro atoms. The average Bonchev–Trinajstić information content (AvgIpc) is 2.41. The van der Waals surface area contributed by atoms with Crippen molar-refractivity contribution in [1.82, 2.24) is 5.32 Å². The number of methoxy groups -OCH3 is 1. The Kier molecular flexibility index (Phi) is 6.49. The van der Waals surface area contributed by atoms with Crippen molar-refractivity contribution >= 4 is 23.5 Å². The molecule has 0 aromatic heterocycles. The molecule has 2 unspecified atom stereocenters. The van der Waals surface area contributed by atoms with Gasteiger partial charge in [0.05, 0.1) is 13.5 Å². The van der Waals surface area contributed by atoms with E-state index < -0.39 is 6.10 Å². The summed E-state index contributed by atoms with van der Waals surface area (Å²) in [5.41, 5.74) is 0.852. The molecule has 1 N–H and O–H groups in total. The standard InChI is InChI=1S/C15H20ClNO4/c1-9-7-12(16)5-6-13(9)21-11(3)15(19)17-10(2)8-14(18)20-4/h5-7,10-11H,8H2,1-4H3,(H,17,19). The first-order valence-corrected chi connectivity index (χ1v) is 7.01. The van der Waals surface area contributed by atoms with Gasteiger partial charge < -0.3 is 14.8 Å². The van der Waals surface area contributed by atoms with E-state index in [9.17, 15) is 9.59 Å². The van der Waals surface area contributed by atoms with Crippen molar-refractivity contribution in [3.05, 3.63) is 28.8 Å². The molecule has 0 heterocycles. The van der Waals surface area contributed by atoms with Crippen LogP contribution in [0.1, 0.15) is 25.8 Å². The van der Waals surface area contributed by atoms with Gasteiger partial charge in [-0.15, -0.1) is 0 Å². The number of amides is 1. The van der Waals surface area contributed by atoms with Gasteiger partial charge >= 0.3 is 5.97 Å². The zero-order valence-corrected chi connectivity index (χ0v) is 13.4. The van der Waals surface area contributed by atoms with E-state index in [1.54, 1.807) is 32.0 Å². The number of rotatable bonds is 6. The molecule has 0 aliphatic rings. The molecule has 0 radical (unpaired) electrons. The van der Waals surface area contributed by atoms with Crippen LogP contribution in [0.2, 0.25) is 5.02 Å². The quantitative estimate of drug-likeness (QED) is 0.819. The molecule has 6 heteroatoms. The van der Waals surface area contributed by atoms with Crippen LogP contribution in [0.4, 0.5) is 0 Å². The molecule has 0 bridgehead atoms. The first-order chi connectivity index (χ1) is 9.83. The molecule has 0 saturated carbocycles. The van der Waals surface area contributed by atoms with Crippen LogP contribution in [0, 0.1) is 6.92 Å². The molecule has 0 aliphatic carbocycles. The van der Waals surface area contributed by atoms with Gasteiger partial charge in [-0.2, -0.15) is 0 Å². The summed E-state index contributed by atoms with van der Waals surface area (Å²) in [4.78, 5) is 23.1. The molecule has 116 valence electrons. The molecule has 21 heavy (non-hydrogen) atoms. The second-order valence-corrected chi connectivity index (χ2v) is 5.30. The normalized spacial score (nSPS) is 13.2. The minimum Gasteiger partial charge on any atom is -0.481 e. The van der Waals surface area contributed by atoms with E-state index in [2.05, 4.69) is 10.1 Å². The van der Waals surface area contributed by atoms with Gasteiger partial charge in [0.25, 0.3) is 5.91 Å². The first-order valence-electron chi connectivity index (χ1n) is 6.63. The number of benzene rings is 1. The smallest absolute Gasteiger partial charge is 0.307 e. The summed E-state index contributed by atoms with van der Waals surface area (Å²) < 4.78 is 10.2. The van der Waals surface area contributed by atoms with Gasteiger partial charge in [-0.05, 0) is 44.5 Å². The van der Waals surface area contributed by atoms with Gasteiger partial charge in [0.1, 0.15) is 5.75 Å². The van der Waals surface area contributed by atoms with E-state index in [0.29, 0.717) is 10.8 Å². The molecule has 0 saturated heterocycles. The number of hydrogen-bond donors (Lipinski definition) is 1. The number of aryl methyl sites for hydroxylation is 1. The van der Waals surface area contributed by atoms with Crippen LogP contribution >= 0.6 is 11.6 Å². The van der Waals surface area contributed by atoms with Gasteiger partial charge in [-0.1, -0.05) is 11.6 Å². The molecule has 1 aromatic rings. The lowest BCUT2D eigenvalue weighted by molar-refractivity contribution is -0.141. The average molecular weight is 314 g/mol. The number of nitrogens with one attached hydrogen (secondary N) is 1. The number of carbonyl (C=O) groups is 2. The third-order valence-electron chi connectivity index (χ3n) is 2.90. The highest BCUT2D eigenvalue weighted by atomic mass is 35.5. The minimum absolute atomic E-state index is 0.120. The molecule has 5 nitrogen and oxygen atoms in total. The van der Waals surface area contributed by atoms with Crippen molar-refractivity contribution in [2.24, 2.45) is 0 Å². The number of halogens is 1. The molecule has 1 aromatic carbocycles. The van der Waals surface area contributed by atoms with Crippen molar-refractivity contribution in [3.8, 4) is 5.75 Å². The molecule has 1 amide bonds. The minimum atomic E-state index is -0.676. The molecule has 1 rings (SSSR count). The van der Waals surface area contributed by atoms with Crippen LogP contribution < -0.4 is 10.1 Å². The maximum absolute atomic E-state index is 12.0. The lowest BCUT2D eigenvalue weighted by Gasteiger charge is -2.19. The Bertz CT molecular complexity index is 518. The van der Waals surface area contributed by atoms with Crippen molar-refractivity contribution in [2.45, 2.75) is 39.3 Å². The monoisotopic (exact) mass is 313 g/mol. The Labute approximate surface area is 129 Å². The fourth-order valence-corrected chi connectivity index (χ4v) is 1.96. The second kappa shape index (κ2) is 7.88. The predicted octanol–water partition coefficient (Wildman–Crippen LogP) is 2.48. The highest BCUT2D eigenvalue weighted by Gasteiger charge is 2.19. The van der Waals surface area contributed by atoms with Gasteiger partial charge in [-0.3, -0.25) is 9.59 Å². The van der Waals surface area contributed by atoms with Crippen LogP contribution in [0.15, 0.2) is 18.2 Å². The van der Waals surface area contributed by atoms with E-state index in [-0.39, 0.29) is 24.3 Å². The van der Waals surface area contributed by atoms with E-state index in [0.717, 1.165) is 5.56 Å². The summed E-state index contributed by atoms with van der Waals surface area (Å²) in [5, 5.41) is 3.32. The zero-order valence-electron chi connectivity index (χ0n) is 12.6. The first kappa shape index (κ1) is 17.3. The van der Waals surface area contributed by atoms with Crippen LogP contribution in [0.3, 0.4) is 0 Å². The third-order valence-corrected chi connectivity index (χ3v) is 3.13. The van der Waals surface area contributed by atoms with E-state index >= 15 is 0 Å². The van der Waals surface area contributed by atoms with Gasteiger partial charge in [-0.25, -0.2) is 0 Å². The summed E-state index contributed by atoms with van der Waals surface area (Å²) in [6.07, 6.45) is -0.556. The van der Waals surface area contributed by atoms with Crippen molar-refractivity contribution < 1.29 is 19.1 Å². The van der Waals surface area contributed by atoms with Gasteiger partial charge in [0, 0.05) is 11.1 Å². The van der Waals surface area contributed by atoms with Crippen LogP contribution in [-0.4, -0.2) is 31.1 Å². The molecule has 2 atom stereocenters. The van der Waals surface area contributed by atoms with Crippen LogP contribution in [0.5, 0.6) is 5.75 Å². The third kappa shape index (κ3) is 5.63. The number of ether oxygens (including phenoxy) is 2. The van der Waals surface area contributed by atoms with E-state index in [1.807, 2.05) is 6.92 Å². The lowest BCUT2D eigenvalue weighted by Crippen LogP contribution is -2.42. The highest BCUT2D eigenvalue weighted by Crippen LogP contribution is 2.22. The summed E-state index contributed by atoms with van der Waals surface area (Å²) in [7, 11) is 1.31. The zero-order chi connectivity index (χ0) is 16.0. The molecular weight excluding hydrogens is 294 g/mol. The van der Waals surface area contributed by atoms with Crippen molar-refractivity contribution in [3.63, 3.8) is 0 Å². The molecule has 0 aliphatic heterocycles. The Hall–Kier alpha value is -1.75. The number of hydrogen-bond acceptors (Lipinski definition) is 4. The highest BCUT2D eigenvalue weighted by molar-refractivity contribution is 6.30. The fraction of sp³-hybridized carbons (Fsp3) is 0.467. The van der Waals surface area contributed by atoms with E-state index in [1.165, 1.54) is 7.11 Å². The summed E-state index contributed by atoms with van der Waals surface area (Å²) in [5.74, 6) is -0.0617. The van der Waals surface area contributed by atoms with Crippen molar-refractivity contribution in [1.29, 1.82) is 0 Å². The largest absolute Gasteiger partial charge is 0.481 e. The Morgan fingerprint density at radius 2 is 2.00 bits per heavy atom. The summed E-state index contributed by atoms with van der Waals surface area (Å²) in [6.45, 7) is 5.23. The summed E-state index contributed by atoms with van der Waals surface area (Å²) >= 11 is 5.87.